The summed E-state index contributed by atoms with van der Waals surface area (Å²) in [5, 5.41) is 0. The summed E-state index contributed by atoms with van der Waals surface area (Å²) < 4.78 is 99.9. The lowest BCUT2D eigenvalue weighted by atomic mass is 9.72. The number of aromatic nitrogens is 2. The van der Waals surface area contributed by atoms with E-state index in [9.17, 15) is 13.6 Å². The molecule has 0 saturated carbocycles. The molecule has 0 radical (unpaired) electrons. The monoisotopic (exact) mass is 703 g/mol. The number of halogens is 6. The number of para-hydroxylation sites is 1. The van der Waals surface area contributed by atoms with Gasteiger partial charge in [-0.1, -0.05) is 18.2 Å². The Hall–Kier alpha value is -4.49. The Morgan fingerprint density at radius 2 is 1.60 bits per heavy atom. The highest BCUT2D eigenvalue weighted by atomic mass is 19.4. The van der Waals surface area contributed by atoms with Gasteiger partial charge in [0.25, 0.3) is 5.92 Å². The third-order valence-corrected chi connectivity index (χ3v) is 9.20. The van der Waals surface area contributed by atoms with Gasteiger partial charge in [0.15, 0.2) is 5.83 Å². The second kappa shape index (κ2) is 13.3. The van der Waals surface area contributed by atoms with E-state index in [4.69, 9.17) is 9.47 Å². The Kier molecular flexibility index (Phi) is 9.42. The minimum Gasteiger partial charge on any atom is -0.457 e. The van der Waals surface area contributed by atoms with Crippen molar-refractivity contribution in [3.05, 3.63) is 71.7 Å². The molecule has 0 N–H and O–H groups in total. The Morgan fingerprint density at radius 1 is 0.900 bits per heavy atom. The summed E-state index contributed by atoms with van der Waals surface area (Å²) in [6.07, 6.45) is 0.424. The Bertz CT molecular complexity index is 1730. The fourth-order valence-corrected chi connectivity index (χ4v) is 6.83. The number of benzene rings is 2. The van der Waals surface area contributed by atoms with Gasteiger partial charge >= 0.3 is 12.3 Å². The molecule has 0 bridgehead atoms. The summed E-state index contributed by atoms with van der Waals surface area (Å²) in [7, 11) is 0. The molecule has 2 aromatic carbocycles. The number of nitrogens with zero attached hydrogens (tertiary/aromatic N) is 5. The number of hydrogen-bond donors (Lipinski definition) is 0. The van der Waals surface area contributed by atoms with Crippen molar-refractivity contribution in [2.45, 2.75) is 64.2 Å². The quantitative estimate of drug-likeness (QED) is 0.238. The first-order valence-electron chi connectivity index (χ1n) is 16.5. The number of ether oxygens (including phenoxy) is 2. The lowest BCUT2D eigenvalue weighted by Gasteiger charge is -2.49. The van der Waals surface area contributed by atoms with Gasteiger partial charge in [-0.2, -0.15) is 13.2 Å². The molecule has 1 amide bonds. The van der Waals surface area contributed by atoms with Gasteiger partial charge in [0.05, 0.1) is 31.2 Å². The average molecular weight is 704 g/mol. The molecule has 0 aliphatic carbocycles. The van der Waals surface area contributed by atoms with E-state index in [-0.39, 0.29) is 41.6 Å². The van der Waals surface area contributed by atoms with Crippen molar-refractivity contribution in [1.82, 2.24) is 14.9 Å². The van der Waals surface area contributed by atoms with E-state index in [1.165, 1.54) is 23.2 Å². The van der Waals surface area contributed by atoms with E-state index in [1.54, 1.807) is 60.9 Å². The van der Waals surface area contributed by atoms with Gasteiger partial charge < -0.3 is 24.2 Å². The number of hydrogen-bond acceptors (Lipinski definition) is 7. The van der Waals surface area contributed by atoms with Crippen LogP contribution in [0.25, 0.3) is 11.9 Å². The second-order valence-corrected chi connectivity index (χ2v) is 14.2. The summed E-state index contributed by atoms with van der Waals surface area (Å²) in [6, 6.07) is 10.6. The SMILES string of the molecule is CC(C)(C)OC(=O)N1CCC2(CCCN(c3c(/C=C(\F)c4cncc(N5CC(F)(F)C5)n4)ccc(Oc4ccccc4)c3C(F)(F)F)C2)CC1. The van der Waals surface area contributed by atoms with Crippen molar-refractivity contribution in [2.24, 2.45) is 5.41 Å². The van der Waals surface area contributed by atoms with Crippen molar-refractivity contribution < 1.29 is 40.6 Å². The van der Waals surface area contributed by atoms with Gasteiger partial charge in [0, 0.05) is 31.7 Å². The molecular formula is C36H39F6N5O3. The number of likely N-dealkylation sites (tertiary alicyclic amines) is 1. The Labute approximate surface area is 286 Å². The third kappa shape index (κ3) is 7.94. The highest BCUT2D eigenvalue weighted by Gasteiger charge is 2.46. The van der Waals surface area contributed by atoms with Crippen molar-refractivity contribution in [3.8, 4) is 11.5 Å². The average Bonchev–Trinajstić information content (AvgIpc) is 3.03. The maximum absolute atomic E-state index is 16.0. The molecule has 50 heavy (non-hydrogen) atoms. The predicted molar refractivity (Wildman–Crippen MR) is 177 cm³/mol. The minimum atomic E-state index is -4.90. The summed E-state index contributed by atoms with van der Waals surface area (Å²) >= 11 is 0. The summed E-state index contributed by atoms with van der Waals surface area (Å²) in [5.41, 5.74) is -2.69. The standard InChI is InChI=1S/C36H39F6N5O3/c1-33(2,3)50-32(48)45-16-13-34(14-17-45)12-7-15-46(21-34)31-24(10-11-28(30(31)36(40,41)42)49-25-8-5-4-6-9-25)18-26(37)27-19-43-20-29(44-27)47-22-35(38,39)23-47/h4-6,8-11,18-20H,7,12-17,21-23H2,1-3H3/b26-18-. The van der Waals surface area contributed by atoms with E-state index in [1.807, 2.05) is 0 Å². The Balaban J connectivity index is 1.37. The lowest BCUT2D eigenvalue weighted by molar-refractivity contribution is -0.138. The zero-order valence-corrected chi connectivity index (χ0v) is 28.1. The van der Waals surface area contributed by atoms with Crippen molar-refractivity contribution in [2.75, 3.05) is 49.1 Å². The number of rotatable bonds is 6. The molecule has 1 spiro atoms. The molecular weight excluding hydrogens is 664 g/mol. The highest BCUT2D eigenvalue weighted by Crippen LogP contribution is 2.50. The van der Waals surface area contributed by atoms with E-state index in [0.29, 0.717) is 32.4 Å². The maximum Gasteiger partial charge on any atom is 0.422 e. The van der Waals surface area contributed by atoms with Gasteiger partial charge in [-0.15, -0.1) is 0 Å². The zero-order valence-electron chi connectivity index (χ0n) is 28.1. The van der Waals surface area contributed by atoms with Crippen LogP contribution >= 0.6 is 0 Å². The van der Waals surface area contributed by atoms with Crippen LogP contribution in [-0.2, 0) is 10.9 Å². The van der Waals surface area contributed by atoms with Crippen LogP contribution in [0, 0.1) is 5.41 Å². The first-order chi connectivity index (χ1) is 23.5. The fraction of sp³-hybridized carbons (Fsp3) is 0.472. The lowest BCUT2D eigenvalue weighted by Crippen LogP contribution is -2.56. The van der Waals surface area contributed by atoms with Crippen LogP contribution in [0.1, 0.15) is 63.3 Å². The number of anilines is 2. The summed E-state index contributed by atoms with van der Waals surface area (Å²) in [5.74, 6) is -4.06. The number of piperidine rings is 2. The van der Waals surface area contributed by atoms with Crippen LogP contribution < -0.4 is 14.5 Å². The molecule has 0 unspecified atom stereocenters. The van der Waals surface area contributed by atoms with Crippen molar-refractivity contribution >= 4 is 29.5 Å². The molecule has 3 aliphatic rings. The van der Waals surface area contributed by atoms with Crippen LogP contribution in [0.15, 0.2) is 54.9 Å². The van der Waals surface area contributed by atoms with Gasteiger partial charge in [-0.25, -0.2) is 22.9 Å². The van der Waals surface area contributed by atoms with E-state index in [2.05, 4.69) is 9.97 Å². The van der Waals surface area contributed by atoms with E-state index >= 15 is 17.6 Å². The van der Waals surface area contributed by atoms with Gasteiger partial charge in [0.2, 0.25) is 0 Å². The minimum absolute atomic E-state index is 0.0375. The molecule has 6 rings (SSSR count). The van der Waals surface area contributed by atoms with Crippen LogP contribution in [0.3, 0.4) is 0 Å². The molecule has 14 heteroatoms. The Morgan fingerprint density at radius 3 is 2.24 bits per heavy atom. The van der Waals surface area contributed by atoms with Gasteiger partial charge in [0.1, 0.15) is 34.2 Å². The molecule has 4 heterocycles. The molecule has 3 saturated heterocycles. The highest BCUT2D eigenvalue weighted by molar-refractivity contribution is 5.84. The molecule has 3 aliphatic heterocycles. The fourth-order valence-electron chi connectivity index (χ4n) is 6.83. The maximum atomic E-state index is 16.0. The van der Waals surface area contributed by atoms with Crippen LogP contribution in [0.4, 0.5) is 42.6 Å². The molecule has 1 aromatic heterocycles. The van der Waals surface area contributed by atoms with Crippen LogP contribution in [-0.4, -0.2) is 71.8 Å². The first-order valence-corrected chi connectivity index (χ1v) is 16.5. The summed E-state index contributed by atoms with van der Waals surface area (Å²) in [4.78, 5) is 25.4. The van der Waals surface area contributed by atoms with Gasteiger partial charge in [-0.3, -0.25) is 4.98 Å². The topological polar surface area (TPSA) is 71.0 Å². The second-order valence-electron chi connectivity index (χ2n) is 14.2. The number of amides is 1. The number of carbonyl (C=O) groups excluding carboxylic acids is 1. The molecule has 268 valence electrons. The summed E-state index contributed by atoms with van der Waals surface area (Å²) in [6.45, 7) is 5.48. The molecule has 0 atom stereocenters. The molecule has 8 nitrogen and oxygen atoms in total. The first kappa shape index (κ1) is 35.3. The molecule has 3 fully saturated rings. The van der Waals surface area contributed by atoms with Crippen LogP contribution in [0.5, 0.6) is 11.5 Å². The predicted octanol–water partition coefficient (Wildman–Crippen LogP) is 8.83. The smallest absolute Gasteiger partial charge is 0.422 e. The van der Waals surface area contributed by atoms with Crippen molar-refractivity contribution in [1.29, 1.82) is 0 Å². The molecule has 3 aromatic rings. The van der Waals surface area contributed by atoms with Crippen LogP contribution in [0.2, 0.25) is 0 Å². The third-order valence-electron chi connectivity index (χ3n) is 9.20. The number of carbonyl (C=O) groups is 1. The van der Waals surface area contributed by atoms with E-state index < -0.39 is 59.4 Å². The van der Waals surface area contributed by atoms with E-state index in [0.717, 1.165) is 18.7 Å². The zero-order chi connectivity index (χ0) is 35.9. The number of alkyl halides is 5. The largest absolute Gasteiger partial charge is 0.457 e. The normalized spacial score (nSPS) is 19.3. The van der Waals surface area contributed by atoms with Crippen molar-refractivity contribution in [3.63, 3.8) is 0 Å². The van der Waals surface area contributed by atoms with Gasteiger partial charge in [-0.05, 0) is 82.2 Å².